The first kappa shape index (κ1) is 30.4. The highest BCUT2D eigenvalue weighted by atomic mass is 16.6. The number of esters is 1. The number of carbonyl (C=O) groups excluding carboxylic acids is 4. The molecule has 0 aromatic heterocycles. The van der Waals surface area contributed by atoms with Gasteiger partial charge in [0.2, 0.25) is 11.8 Å². The molecule has 0 fully saturated rings. The molecule has 198 valence electrons. The molecule has 0 saturated heterocycles. The smallest absolute Gasteiger partial charge is 0.408 e. The Bertz CT molecular complexity index is 876. The average molecular weight is 504 g/mol. The van der Waals surface area contributed by atoms with Crippen LogP contribution < -0.4 is 16.0 Å². The molecular formula is C26H37N3O7. The highest BCUT2D eigenvalue weighted by molar-refractivity contribution is 5.86. The van der Waals surface area contributed by atoms with E-state index >= 15 is 0 Å². The van der Waals surface area contributed by atoms with Crippen molar-refractivity contribution >= 4 is 23.9 Å². The zero-order chi connectivity index (χ0) is 26.9. The summed E-state index contributed by atoms with van der Waals surface area (Å²) in [6, 6.07) is 7.12. The highest BCUT2D eigenvalue weighted by Crippen LogP contribution is 2.11. The molecule has 0 aliphatic carbocycles. The van der Waals surface area contributed by atoms with Gasteiger partial charge in [-0.25, -0.2) is 9.59 Å². The van der Waals surface area contributed by atoms with E-state index in [2.05, 4.69) is 29.1 Å². The van der Waals surface area contributed by atoms with Crippen LogP contribution in [-0.2, 0) is 30.5 Å². The van der Waals surface area contributed by atoms with Crippen LogP contribution in [0, 0.1) is 5.92 Å². The molecule has 1 aromatic rings. The van der Waals surface area contributed by atoms with Gasteiger partial charge in [-0.05, 0) is 32.3 Å². The summed E-state index contributed by atoms with van der Waals surface area (Å²) < 4.78 is 10.4. The molecule has 36 heavy (non-hydrogen) atoms. The van der Waals surface area contributed by atoms with E-state index in [1.807, 2.05) is 18.2 Å². The van der Waals surface area contributed by atoms with Gasteiger partial charge < -0.3 is 30.5 Å². The summed E-state index contributed by atoms with van der Waals surface area (Å²) in [5.74, 6) is -2.13. The second-order valence-electron chi connectivity index (χ2n) is 8.40. The summed E-state index contributed by atoms with van der Waals surface area (Å²) in [7, 11) is 0. The first-order chi connectivity index (χ1) is 17.2. The van der Waals surface area contributed by atoms with Crippen LogP contribution in [-0.4, -0.2) is 60.3 Å². The van der Waals surface area contributed by atoms with E-state index in [4.69, 9.17) is 14.6 Å². The minimum absolute atomic E-state index is 0.0500. The molecule has 1 rings (SSSR count). The Morgan fingerprint density at radius 3 is 2.22 bits per heavy atom. The SMILES string of the molecule is C=CCC(CC(=O)NC(C)CO)C(=O)NC(C)COC(=O)C(CC=C)NC(=O)OCc1ccccc1. The normalized spacial score (nSPS) is 13.8. The van der Waals surface area contributed by atoms with Gasteiger partial charge in [-0.3, -0.25) is 9.59 Å². The number of allylic oxidation sites excluding steroid dienone is 1. The third-order valence-electron chi connectivity index (χ3n) is 4.99. The first-order valence-corrected chi connectivity index (χ1v) is 11.8. The van der Waals surface area contributed by atoms with E-state index in [0.29, 0.717) is 0 Å². The standard InChI is InChI=1S/C26H37N3O7/c1-5-10-21(14-23(31)27-18(3)15-30)24(32)28-19(4)16-35-25(33)22(11-6-2)29-26(34)36-17-20-12-8-7-9-13-20/h5-9,12-13,18-19,21-22,30H,1-2,10-11,14-17H2,3-4H3,(H,27,31)(H,28,32)(H,29,34). The molecule has 4 unspecified atom stereocenters. The maximum Gasteiger partial charge on any atom is 0.408 e. The van der Waals surface area contributed by atoms with Crippen LogP contribution in [0.4, 0.5) is 4.79 Å². The van der Waals surface area contributed by atoms with Gasteiger partial charge in [0.1, 0.15) is 19.3 Å². The Kier molecular flexibility index (Phi) is 14.2. The van der Waals surface area contributed by atoms with Gasteiger partial charge in [0.05, 0.1) is 18.6 Å². The maximum absolute atomic E-state index is 12.6. The fourth-order valence-electron chi connectivity index (χ4n) is 3.09. The van der Waals surface area contributed by atoms with Crippen molar-refractivity contribution in [3.8, 4) is 0 Å². The summed E-state index contributed by atoms with van der Waals surface area (Å²) in [6.45, 7) is 10.2. The molecule has 0 saturated carbocycles. The van der Waals surface area contributed by atoms with Crippen LogP contribution in [0.25, 0.3) is 0 Å². The molecule has 0 heterocycles. The van der Waals surface area contributed by atoms with Crippen molar-refractivity contribution in [2.75, 3.05) is 13.2 Å². The fraction of sp³-hybridized carbons (Fsp3) is 0.462. The number of benzene rings is 1. The largest absolute Gasteiger partial charge is 0.462 e. The van der Waals surface area contributed by atoms with Crippen molar-refractivity contribution in [1.82, 2.24) is 16.0 Å². The number of nitrogens with one attached hydrogen (secondary N) is 3. The van der Waals surface area contributed by atoms with Crippen LogP contribution in [0.15, 0.2) is 55.6 Å². The number of aliphatic hydroxyl groups excluding tert-OH is 1. The molecule has 0 aliphatic heterocycles. The zero-order valence-electron chi connectivity index (χ0n) is 20.9. The zero-order valence-corrected chi connectivity index (χ0v) is 20.9. The lowest BCUT2D eigenvalue weighted by atomic mass is 9.99. The number of rotatable bonds is 16. The number of aliphatic hydroxyl groups is 1. The molecule has 0 spiro atoms. The van der Waals surface area contributed by atoms with Crippen molar-refractivity contribution in [3.63, 3.8) is 0 Å². The molecule has 0 bridgehead atoms. The van der Waals surface area contributed by atoms with E-state index in [9.17, 15) is 19.2 Å². The Balaban J connectivity index is 2.54. The molecule has 10 heteroatoms. The van der Waals surface area contributed by atoms with Crippen molar-refractivity contribution in [2.24, 2.45) is 5.92 Å². The lowest BCUT2D eigenvalue weighted by Gasteiger charge is -2.21. The molecule has 0 aliphatic rings. The monoisotopic (exact) mass is 503 g/mol. The number of hydrogen-bond acceptors (Lipinski definition) is 7. The van der Waals surface area contributed by atoms with E-state index in [1.165, 1.54) is 6.08 Å². The van der Waals surface area contributed by atoms with E-state index < -0.39 is 42.0 Å². The summed E-state index contributed by atoms with van der Waals surface area (Å²) in [5, 5.41) is 16.8. The predicted octanol–water partition coefficient (Wildman–Crippen LogP) is 1.98. The van der Waals surface area contributed by atoms with Gasteiger partial charge >= 0.3 is 12.1 Å². The second kappa shape index (κ2) is 16.9. The van der Waals surface area contributed by atoms with Gasteiger partial charge in [-0.15, -0.1) is 13.2 Å². The maximum atomic E-state index is 12.6. The van der Waals surface area contributed by atoms with Gasteiger partial charge in [-0.2, -0.15) is 0 Å². The topological polar surface area (TPSA) is 143 Å². The van der Waals surface area contributed by atoms with Crippen molar-refractivity contribution in [2.45, 2.75) is 57.8 Å². The average Bonchev–Trinajstić information content (AvgIpc) is 2.85. The summed E-state index contributed by atoms with van der Waals surface area (Å²) in [4.78, 5) is 49.4. The lowest BCUT2D eigenvalue weighted by molar-refractivity contribution is -0.147. The Morgan fingerprint density at radius 2 is 1.61 bits per heavy atom. The van der Waals surface area contributed by atoms with Crippen LogP contribution in [0.3, 0.4) is 0 Å². The summed E-state index contributed by atoms with van der Waals surface area (Å²) in [5.41, 5.74) is 0.801. The highest BCUT2D eigenvalue weighted by Gasteiger charge is 2.25. The second-order valence-corrected chi connectivity index (χ2v) is 8.40. The van der Waals surface area contributed by atoms with Crippen LogP contribution in [0.5, 0.6) is 0 Å². The quantitative estimate of drug-likeness (QED) is 0.200. The minimum atomic E-state index is -1.00. The Hall–Kier alpha value is -3.66. The molecule has 4 N–H and O–H groups in total. The van der Waals surface area contributed by atoms with Crippen LogP contribution >= 0.6 is 0 Å². The van der Waals surface area contributed by atoms with Crippen LogP contribution in [0.2, 0.25) is 0 Å². The molecule has 3 amide bonds. The van der Waals surface area contributed by atoms with Crippen molar-refractivity contribution in [1.29, 1.82) is 0 Å². The van der Waals surface area contributed by atoms with E-state index in [0.717, 1.165) is 5.56 Å². The molecule has 1 aromatic carbocycles. The van der Waals surface area contributed by atoms with Gasteiger partial charge in [0.15, 0.2) is 0 Å². The number of hydrogen-bond donors (Lipinski definition) is 4. The summed E-state index contributed by atoms with van der Waals surface area (Å²) >= 11 is 0. The van der Waals surface area contributed by atoms with Crippen LogP contribution in [0.1, 0.15) is 38.7 Å². The van der Waals surface area contributed by atoms with Crippen molar-refractivity contribution < 1.29 is 33.8 Å². The van der Waals surface area contributed by atoms with Gasteiger partial charge in [-0.1, -0.05) is 42.5 Å². The lowest BCUT2D eigenvalue weighted by Crippen LogP contribution is -2.45. The van der Waals surface area contributed by atoms with Crippen molar-refractivity contribution in [3.05, 3.63) is 61.2 Å². The van der Waals surface area contributed by atoms with E-state index in [-0.39, 0.29) is 45.0 Å². The molecule has 10 nitrogen and oxygen atoms in total. The first-order valence-electron chi connectivity index (χ1n) is 11.8. The van der Waals surface area contributed by atoms with Gasteiger partial charge in [0, 0.05) is 12.5 Å². The summed E-state index contributed by atoms with van der Waals surface area (Å²) in [6.07, 6.45) is 2.56. The Morgan fingerprint density at radius 1 is 0.944 bits per heavy atom. The number of carbonyl (C=O) groups is 4. The number of alkyl carbamates (subject to hydrolysis) is 1. The number of ether oxygens (including phenoxy) is 2. The number of amides is 3. The van der Waals surface area contributed by atoms with Gasteiger partial charge in [0.25, 0.3) is 0 Å². The molecule has 4 atom stereocenters. The Labute approximate surface area is 212 Å². The molecule has 0 radical (unpaired) electrons. The third-order valence-corrected chi connectivity index (χ3v) is 4.99. The molecular weight excluding hydrogens is 466 g/mol. The predicted molar refractivity (Wildman–Crippen MR) is 135 cm³/mol. The third kappa shape index (κ3) is 12.2. The fourth-order valence-corrected chi connectivity index (χ4v) is 3.09. The van der Waals surface area contributed by atoms with E-state index in [1.54, 1.807) is 32.1 Å². The minimum Gasteiger partial charge on any atom is -0.462 e.